The minimum absolute atomic E-state index is 0.0889. The van der Waals surface area contributed by atoms with E-state index in [0.29, 0.717) is 18.4 Å². The van der Waals surface area contributed by atoms with Crippen LogP contribution in [0, 0.1) is 0 Å². The number of anilines is 2. The number of hydrogen-bond acceptors (Lipinski definition) is 4. The first-order chi connectivity index (χ1) is 8.83. The molecule has 2 aromatic rings. The quantitative estimate of drug-likeness (QED) is 0.911. The molecule has 0 aliphatic heterocycles. The molecule has 1 aromatic heterocycles. The Hall–Kier alpha value is -1.56. The molecule has 0 saturated carbocycles. The zero-order chi connectivity index (χ0) is 14.0. The van der Waals surface area contributed by atoms with E-state index in [1.807, 2.05) is 24.3 Å². The van der Waals surface area contributed by atoms with E-state index in [-0.39, 0.29) is 5.54 Å². The van der Waals surface area contributed by atoms with Crippen molar-refractivity contribution in [2.24, 2.45) is 0 Å². The molecule has 1 heterocycles. The van der Waals surface area contributed by atoms with Crippen LogP contribution in [0.4, 0.5) is 11.9 Å². The maximum absolute atomic E-state index is 5.88. The molecule has 0 bridgehead atoms. The highest BCUT2D eigenvalue weighted by atomic mass is 79.9. The lowest BCUT2D eigenvalue weighted by Crippen LogP contribution is -2.26. The summed E-state index contributed by atoms with van der Waals surface area (Å²) in [6, 6.07) is 8.04. The predicted octanol–water partition coefficient (Wildman–Crippen LogP) is 2.88. The number of aromatic nitrogens is 3. The Balaban J connectivity index is 2.17. The molecule has 0 atom stereocenters. The zero-order valence-corrected chi connectivity index (χ0v) is 12.9. The summed E-state index contributed by atoms with van der Waals surface area (Å²) in [6.07, 6.45) is 0. The topological polar surface area (TPSA) is 68.8 Å². The van der Waals surface area contributed by atoms with Crippen molar-refractivity contribution in [3.63, 3.8) is 0 Å². The van der Waals surface area contributed by atoms with Crippen LogP contribution < -0.4 is 11.1 Å². The summed E-state index contributed by atoms with van der Waals surface area (Å²) >= 11 is 3.45. The van der Waals surface area contributed by atoms with Crippen molar-refractivity contribution in [1.29, 1.82) is 0 Å². The van der Waals surface area contributed by atoms with Crippen LogP contribution >= 0.6 is 15.9 Å². The Bertz CT molecular complexity index is 571. The van der Waals surface area contributed by atoms with Gasteiger partial charge in [-0.15, -0.1) is 5.10 Å². The van der Waals surface area contributed by atoms with Crippen molar-refractivity contribution in [2.45, 2.75) is 32.9 Å². The van der Waals surface area contributed by atoms with Crippen molar-refractivity contribution in [3.8, 4) is 0 Å². The largest absolute Gasteiger partial charge is 0.368 e. The Morgan fingerprint density at radius 3 is 2.74 bits per heavy atom. The molecular formula is C13H18BrN5. The molecule has 0 aliphatic carbocycles. The number of hydrogen-bond donors (Lipinski definition) is 2. The maximum Gasteiger partial charge on any atom is 0.244 e. The third kappa shape index (κ3) is 3.96. The van der Waals surface area contributed by atoms with E-state index in [9.17, 15) is 0 Å². The number of halogens is 1. The fourth-order valence-corrected chi connectivity index (χ4v) is 2.11. The molecule has 0 aliphatic rings. The van der Waals surface area contributed by atoms with Gasteiger partial charge in [-0.25, -0.2) is 4.68 Å². The fraction of sp³-hybridized carbons (Fsp3) is 0.385. The predicted molar refractivity (Wildman–Crippen MR) is 81.1 cm³/mol. The van der Waals surface area contributed by atoms with Gasteiger partial charge in [0.05, 0.1) is 6.54 Å². The summed E-state index contributed by atoms with van der Waals surface area (Å²) in [4.78, 5) is 4.22. The number of nitrogens with zero attached hydrogens (tertiary/aromatic N) is 3. The van der Waals surface area contributed by atoms with Gasteiger partial charge in [0.15, 0.2) is 0 Å². The molecule has 19 heavy (non-hydrogen) atoms. The van der Waals surface area contributed by atoms with Gasteiger partial charge in [-0.2, -0.15) is 4.98 Å². The Labute approximate surface area is 121 Å². The first-order valence-electron chi connectivity index (χ1n) is 6.06. The summed E-state index contributed by atoms with van der Waals surface area (Å²) < 4.78 is 2.73. The molecule has 0 amide bonds. The van der Waals surface area contributed by atoms with Gasteiger partial charge in [0.1, 0.15) is 0 Å². The van der Waals surface area contributed by atoms with Crippen LogP contribution in [0.2, 0.25) is 0 Å². The first kappa shape index (κ1) is 13.9. The lowest BCUT2D eigenvalue weighted by atomic mass is 10.1. The summed E-state index contributed by atoms with van der Waals surface area (Å²) in [5.41, 5.74) is 6.91. The second-order valence-corrected chi connectivity index (χ2v) is 6.37. The van der Waals surface area contributed by atoms with E-state index in [0.717, 1.165) is 10.0 Å². The van der Waals surface area contributed by atoms with Gasteiger partial charge in [0.2, 0.25) is 11.9 Å². The molecule has 0 spiro atoms. The molecule has 5 nitrogen and oxygen atoms in total. The molecule has 102 valence electrons. The summed E-state index contributed by atoms with van der Waals surface area (Å²) in [5.74, 6) is 0.965. The second-order valence-electron chi connectivity index (χ2n) is 5.46. The lowest BCUT2D eigenvalue weighted by molar-refractivity contribution is 0.619. The average molecular weight is 324 g/mol. The van der Waals surface area contributed by atoms with Gasteiger partial charge in [0.25, 0.3) is 0 Å². The molecule has 1 aromatic carbocycles. The Morgan fingerprint density at radius 2 is 2.11 bits per heavy atom. The van der Waals surface area contributed by atoms with Gasteiger partial charge in [-0.3, -0.25) is 0 Å². The molecular weight excluding hydrogens is 306 g/mol. The van der Waals surface area contributed by atoms with Crippen molar-refractivity contribution < 1.29 is 0 Å². The van der Waals surface area contributed by atoms with E-state index in [2.05, 4.69) is 52.1 Å². The van der Waals surface area contributed by atoms with Crippen molar-refractivity contribution in [3.05, 3.63) is 34.3 Å². The van der Waals surface area contributed by atoms with Gasteiger partial charge < -0.3 is 11.1 Å². The first-order valence-corrected chi connectivity index (χ1v) is 6.86. The van der Waals surface area contributed by atoms with Crippen molar-refractivity contribution in [1.82, 2.24) is 14.8 Å². The van der Waals surface area contributed by atoms with Gasteiger partial charge >= 0.3 is 0 Å². The van der Waals surface area contributed by atoms with Gasteiger partial charge in [-0.1, -0.05) is 28.1 Å². The second kappa shape index (κ2) is 5.21. The highest BCUT2D eigenvalue weighted by Gasteiger charge is 2.14. The third-order valence-electron chi connectivity index (χ3n) is 2.41. The van der Waals surface area contributed by atoms with Crippen molar-refractivity contribution >= 4 is 27.8 Å². The highest BCUT2D eigenvalue weighted by molar-refractivity contribution is 9.10. The smallest absolute Gasteiger partial charge is 0.244 e. The average Bonchev–Trinajstić information content (AvgIpc) is 2.56. The monoisotopic (exact) mass is 323 g/mol. The molecule has 2 rings (SSSR count). The molecule has 0 unspecified atom stereocenters. The Morgan fingerprint density at radius 1 is 1.37 bits per heavy atom. The Kier molecular flexibility index (Phi) is 3.80. The molecule has 6 heteroatoms. The minimum atomic E-state index is -0.0889. The van der Waals surface area contributed by atoms with Crippen LogP contribution in [0.15, 0.2) is 28.7 Å². The number of nitrogen functional groups attached to an aromatic ring is 1. The van der Waals surface area contributed by atoms with Crippen LogP contribution in [0.25, 0.3) is 0 Å². The number of nitrogens with two attached hydrogens (primary N) is 1. The van der Waals surface area contributed by atoms with Crippen LogP contribution in [0.3, 0.4) is 0 Å². The normalized spacial score (nSPS) is 11.6. The van der Waals surface area contributed by atoms with E-state index in [4.69, 9.17) is 5.73 Å². The number of benzene rings is 1. The molecule has 3 N–H and O–H groups in total. The maximum atomic E-state index is 5.88. The van der Waals surface area contributed by atoms with Gasteiger partial charge in [0, 0.05) is 10.0 Å². The van der Waals surface area contributed by atoms with E-state index in [1.54, 1.807) is 4.68 Å². The number of rotatable bonds is 3. The summed E-state index contributed by atoms with van der Waals surface area (Å²) in [6.45, 7) is 6.76. The fourth-order valence-electron chi connectivity index (χ4n) is 1.67. The van der Waals surface area contributed by atoms with Crippen LogP contribution in [-0.2, 0) is 6.54 Å². The van der Waals surface area contributed by atoms with Gasteiger partial charge in [-0.05, 0) is 38.5 Å². The van der Waals surface area contributed by atoms with E-state index >= 15 is 0 Å². The summed E-state index contributed by atoms with van der Waals surface area (Å²) in [7, 11) is 0. The standard InChI is InChI=1S/C13H18BrN5/c1-13(2,3)17-12-16-11(15)19(18-12)8-9-5-4-6-10(14)7-9/h4-7H,8H2,1-3H3,(H3,15,16,17,18). The van der Waals surface area contributed by atoms with Crippen LogP contribution in [-0.4, -0.2) is 20.3 Å². The third-order valence-corrected chi connectivity index (χ3v) is 2.90. The van der Waals surface area contributed by atoms with E-state index < -0.39 is 0 Å². The van der Waals surface area contributed by atoms with E-state index in [1.165, 1.54) is 0 Å². The van der Waals surface area contributed by atoms with Crippen LogP contribution in [0.5, 0.6) is 0 Å². The number of nitrogens with one attached hydrogen (secondary N) is 1. The molecule has 0 saturated heterocycles. The lowest BCUT2D eigenvalue weighted by Gasteiger charge is -2.18. The zero-order valence-electron chi connectivity index (χ0n) is 11.3. The van der Waals surface area contributed by atoms with Crippen molar-refractivity contribution in [2.75, 3.05) is 11.1 Å². The summed E-state index contributed by atoms with van der Waals surface area (Å²) in [5, 5.41) is 7.58. The highest BCUT2D eigenvalue weighted by Crippen LogP contribution is 2.16. The molecule has 0 fully saturated rings. The van der Waals surface area contributed by atoms with Crippen LogP contribution in [0.1, 0.15) is 26.3 Å². The SMILES string of the molecule is CC(C)(C)Nc1nc(N)n(Cc2cccc(Br)c2)n1. The molecule has 0 radical (unpaired) electrons. The minimum Gasteiger partial charge on any atom is -0.368 e.